The van der Waals surface area contributed by atoms with E-state index in [9.17, 15) is 14.4 Å². The quantitative estimate of drug-likeness (QED) is 0.441. The molecule has 0 saturated carbocycles. The molecule has 0 radical (unpaired) electrons. The Morgan fingerprint density at radius 3 is 2.46 bits per heavy atom. The van der Waals surface area contributed by atoms with Gasteiger partial charge in [0.25, 0.3) is 5.91 Å². The highest BCUT2D eigenvalue weighted by Crippen LogP contribution is 2.28. The van der Waals surface area contributed by atoms with Crippen molar-refractivity contribution in [1.82, 2.24) is 5.32 Å². The number of ether oxygens (including phenoxy) is 1. The summed E-state index contributed by atoms with van der Waals surface area (Å²) >= 11 is 12.8. The van der Waals surface area contributed by atoms with E-state index in [2.05, 4.69) is 10.3 Å². The van der Waals surface area contributed by atoms with Gasteiger partial charge in [-0.05, 0) is 53.7 Å². The molecule has 0 aliphatic carbocycles. The van der Waals surface area contributed by atoms with Gasteiger partial charge >= 0.3 is 5.97 Å². The summed E-state index contributed by atoms with van der Waals surface area (Å²) in [5.41, 5.74) is 0.987. The first-order valence-corrected chi connectivity index (χ1v) is 9.46. The van der Waals surface area contributed by atoms with Crippen LogP contribution in [0.4, 0.5) is 0 Å². The predicted octanol–water partition coefficient (Wildman–Crippen LogP) is 4.32. The van der Waals surface area contributed by atoms with Gasteiger partial charge in [0, 0.05) is 6.92 Å². The van der Waals surface area contributed by atoms with E-state index in [1.165, 1.54) is 25.1 Å². The molecule has 2 aromatic rings. The molecule has 6 nitrogen and oxygen atoms in total. The SMILES string of the molecule is CC(=O)NC1=NC(=O)/C(=C/c2ccc(OC(=O)c3ccc(Cl)c(Cl)c3)cc2)S1. The lowest BCUT2D eigenvalue weighted by Gasteiger charge is -2.06. The summed E-state index contributed by atoms with van der Waals surface area (Å²) in [6.07, 6.45) is 1.63. The van der Waals surface area contributed by atoms with Crippen molar-refractivity contribution >= 4 is 64.0 Å². The van der Waals surface area contributed by atoms with Gasteiger partial charge in [0.2, 0.25) is 5.91 Å². The van der Waals surface area contributed by atoms with Gasteiger partial charge in [0.1, 0.15) is 5.75 Å². The molecule has 28 heavy (non-hydrogen) atoms. The normalized spacial score (nSPS) is 14.8. The number of carbonyl (C=O) groups is 3. The standard InChI is InChI=1S/C19H12Cl2N2O4S/c1-10(24)22-19-23-17(25)16(28-19)8-11-2-5-13(6-3-11)27-18(26)12-4-7-14(20)15(21)9-12/h2-9H,1H3,(H,22,23,24,25)/b16-8-. The van der Waals surface area contributed by atoms with Gasteiger partial charge in [-0.2, -0.15) is 4.99 Å². The average molecular weight is 435 g/mol. The van der Waals surface area contributed by atoms with Gasteiger partial charge in [0.05, 0.1) is 20.5 Å². The Morgan fingerprint density at radius 2 is 1.82 bits per heavy atom. The number of hydrogen-bond donors (Lipinski definition) is 1. The minimum atomic E-state index is -0.570. The first kappa shape index (κ1) is 20.1. The first-order valence-electron chi connectivity index (χ1n) is 7.89. The molecule has 1 aliphatic heterocycles. The number of hydrogen-bond acceptors (Lipinski definition) is 5. The van der Waals surface area contributed by atoms with E-state index >= 15 is 0 Å². The maximum Gasteiger partial charge on any atom is 0.343 e. The zero-order chi connectivity index (χ0) is 20.3. The molecule has 0 saturated heterocycles. The van der Waals surface area contributed by atoms with E-state index in [-0.39, 0.29) is 21.7 Å². The van der Waals surface area contributed by atoms with E-state index < -0.39 is 11.9 Å². The Balaban J connectivity index is 1.67. The van der Waals surface area contributed by atoms with E-state index in [0.29, 0.717) is 21.2 Å². The highest BCUT2D eigenvalue weighted by Gasteiger charge is 2.22. The molecule has 0 spiro atoms. The molecule has 0 bridgehead atoms. The average Bonchev–Trinajstić information content (AvgIpc) is 2.97. The van der Waals surface area contributed by atoms with Crippen LogP contribution in [0.15, 0.2) is 52.4 Å². The monoisotopic (exact) mass is 434 g/mol. The molecule has 1 heterocycles. The van der Waals surface area contributed by atoms with Crippen molar-refractivity contribution in [3.8, 4) is 5.75 Å². The summed E-state index contributed by atoms with van der Waals surface area (Å²) < 4.78 is 5.30. The minimum absolute atomic E-state index is 0.246. The molecule has 3 rings (SSSR count). The third-order valence-corrected chi connectivity index (χ3v) is 5.09. The lowest BCUT2D eigenvalue weighted by molar-refractivity contribution is -0.117. The number of aliphatic imine (C=N–C) groups is 1. The van der Waals surface area contributed by atoms with Crippen molar-refractivity contribution in [2.24, 2.45) is 4.99 Å². The van der Waals surface area contributed by atoms with E-state index in [0.717, 1.165) is 11.8 Å². The number of esters is 1. The number of nitrogens with zero attached hydrogens (tertiary/aromatic N) is 1. The summed E-state index contributed by atoms with van der Waals surface area (Å²) in [6, 6.07) is 11.0. The van der Waals surface area contributed by atoms with Crippen molar-refractivity contribution in [2.45, 2.75) is 6.92 Å². The Hall–Kier alpha value is -2.61. The summed E-state index contributed by atoms with van der Waals surface area (Å²) in [5, 5.41) is 3.33. The van der Waals surface area contributed by atoms with Crippen LogP contribution in [0.5, 0.6) is 5.75 Å². The molecule has 0 atom stereocenters. The molecule has 1 aliphatic rings. The first-order chi connectivity index (χ1) is 13.3. The molecule has 0 fully saturated rings. The Kier molecular flexibility index (Phi) is 6.18. The van der Waals surface area contributed by atoms with E-state index in [4.69, 9.17) is 27.9 Å². The van der Waals surface area contributed by atoms with Crippen LogP contribution in [0, 0.1) is 0 Å². The Labute approximate surface area is 174 Å². The topological polar surface area (TPSA) is 84.8 Å². The second-order valence-electron chi connectivity index (χ2n) is 5.60. The summed E-state index contributed by atoms with van der Waals surface area (Å²) in [5.74, 6) is -0.962. The number of thioether (sulfide) groups is 1. The zero-order valence-electron chi connectivity index (χ0n) is 14.4. The van der Waals surface area contributed by atoms with Gasteiger partial charge < -0.3 is 10.1 Å². The fraction of sp³-hybridized carbons (Fsp3) is 0.0526. The van der Waals surface area contributed by atoms with E-state index in [1.807, 2.05) is 0 Å². The molecule has 1 N–H and O–H groups in total. The smallest absolute Gasteiger partial charge is 0.343 e. The van der Waals surface area contributed by atoms with Crippen LogP contribution in [0.1, 0.15) is 22.8 Å². The molecule has 9 heteroatoms. The molecule has 2 aromatic carbocycles. The van der Waals surface area contributed by atoms with E-state index in [1.54, 1.807) is 30.3 Å². The maximum absolute atomic E-state index is 12.2. The fourth-order valence-corrected chi connectivity index (χ4v) is 3.34. The largest absolute Gasteiger partial charge is 0.423 e. The van der Waals surface area contributed by atoms with Crippen LogP contribution in [-0.2, 0) is 9.59 Å². The van der Waals surface area contributed by atoms with Crippen LogP contribution in [0.2, 0.25) is 10.0 Å². The van der Waals surface area contributed by atoms with Crippen molar-refractivity contribution in [3.05, 3.63) is 68.5 Å². The van der Waals surface area contributed by atoms with Crippen molar-refractivity contribution in [1.29, 1.82) is 0 Å². The summed E-state index contributed by atoms with van der Waals surface area (Å²) in [7, 11) is 0. The molecule has 2 amide bonds. The number of benzene rings is 2. The van der Waals surface area contributed by atoms with Gasteiger partial charge in [-0.15, -0.1) is 0 Å². The number of halogens is 2. The van der Waals surface area contributed by atoms with Crippen molar-refractivity contribution in [2.75, 3.05) is 0 Å². The fourth-order valence-electron chi connectivity index (χ4n) is 2.19. The molecule has 0 unspecified atom stereocenters. The van der Waals surface area contributed by atoms with Gasteiger partial charge in [0.15, 0.2) is 5.17 Å². The molecule has 142 valence electrons. The van der Waals surface area contributed by atoms with Gasteiger partial charge in [-0.1, -0.05) is 35.3 Å². The van der Waals surface area contributed by atoms with Crippen LogP contribution in [0.25, 0.3) is 6.08 Å². The Bertz CT molecular complexity index is 1030. The summed E-state index contributed by atoms with van der Waals surface area (Å²) in [6.45, 7) is 1.34. The van der Waals surface area contributed by atoms with Crippen LogP contribution in [0.3, 0.4) is 0 Å². The number of rotatable bonds is 3. The summed E-state index contributed by atoms with van der Waals surface area (Å²) in [4.78, 5) is 39.2. The lowest BCUT2D eigenvalue weighted by Crippen LogP contribution is -2.23. The number of carbonyl (C=O) groups excluding carboxylic acids is 3. The zero-order valence-corrected chi connectivity index (χ0v) is 16.7. The molecule has 0 aromatic heterocycles. The highest BCUT2D eigenvalue weighted by molar-refractivity contribution is 8.18. The second-order valence-corrected chi connectivity index (χ2v) is 7.45. The van der Waals surface area contributed by atoms with Crippen LogP contribution < -0.4 is 10.1 Å². The highest BCUT2D eigenvalue weighted by atomic mass is 35.5. The number of nitrogens with one attached hydrogen (secondary N) is 1. The van der Waals surface area contributed by atoms with Crippen molar-refractivity contribution < 1.29 is 19.1 Å². The number of amides is 2. The lowest BCUT2D eigenvalue weighted by atomic mass is 10.2. The second kappa shape index (κ2) is 8.60. The van der Waals surface area contributed by atoms with Crippen LogP contribution in [-0.4, -0.2) is 23.0 Å². The van der Waals surface area contributed by atoms with Crippen molar-refractivity contribution in [3.63, 3.8) is 0 Å². The minimum Gasteiger partial charge on any atom is -0.423 e. The third kappa shape index (κ3) is 5.01. The van der Waals surface area contributed by atoms with Crippen LogP contribution >= 0.6 is 35.0 Å². The van der Waals surface area contributed by atoms with Gasteiger partial charge in [-0.3, -0.25) is 9.59 Å². The maximum atomic E-state index is 12.2. The Morgan fingerprint density at radius 1 is 1.11 bits per heavy atom. The third-order valence-electron chi connectivity index (χ3n) is 3.45. The van der Waals surface area contributed by atoms with Gasteiger partial charge in [-0.25, -0.2) is 4.79 Å². The number of amidine groups is 1. The predicted molar refractivity (Wildman–Crippen MR) is 110 cm³/mol. The molecular weight excluding hydrogens is 423 g/mol. The molecular formula is C19H12Cl2N2O4S.